The first-order chi connectivity index (χ1) is 15.7. The number of morpholine rings is 1. The van der Waals surface area contributed by atoms with Crippen LogP contribution in [0.4, 0.5) is 0 Å². The van der Waals surface area contributed by atoms with Gasteiger partial charge in [-0.1, -0.05) is 13.0 Å². The molecule has 2 N–H and O–H groups in total. The number of methoxy groups -OCH3 is 2. The van der Waals surface area contributed by atoms with Crippen molar-refractivity contribution in [2.24, 2.45) is 4.99 Å². The number of benzene rings is 1. The van der Waals surface area contributed by atoms with E-state index in [2.05, 4.69) is 34.6 Å². The lowest BCUT2D eigenvalue weighted by Crippen LogP contribution is -2.42. The van der Waals surface area contributed by atoms with Crippen molar-refractivity contribution >= 4 is 5.96 Å². The predicted octanol–water partition coefficient (Wildman–Crippen LogP) is 2.86. The topological polar surface area (TPSA) is 80.5 Å². The molecule has 1 aromatic carbocycles. The molecule has 32 heavy (non-hydrogen) atoms. The summed E-state index contributed by atoms with van der Waals surface area (Å²) >= 11 is 0. The Morgan fingerprint density at radius 1 is 1.09 bits per heavy atom. The average Bonchev–Trinajstić information content (AvgIpc) is 3.36. The van der Waals surface area contributed by atoms with Crippen LogP contribution in [0.15, 0.2) is 46.0 Å². The molecule has 1 atom stereocenters. The van der Waals surface area contributed by atoms with Gasteiger partial charge in [0.05, 0.1) is 46.3 Å². The van der Waals surface area contributed by atoms with Crippen molar-refractivity contribution in [1.29, 1.82) is 0 Å². The van der Waals surface area contributed by atoms with E-state index in [1.807, 2.05) is 18.2 Å². The van der Waals surface area contributed by atoms with Gasteiger partial charge in [-0.15, -0.1) is 0 Å². The lowest BCUT2D eigenvalue weighted by atomic mass is 10.0. The quantitative estimate of drug-likeness (QED) is 0.407. The highest BCUT2D eigenvalue weighted by Gasteiger charge is 2.24. The molecule has 0 amide bonds. The summed E-state index contributed by atoms with van der Waals surface area (Å²) in [5.74, 6) is 3.24. The number of guanidine groups is 1. The van der Waals surface area contributed by atoms with E-state index in [4.69, 9.17) is 23.6 Å². The molecule has 2 heterocycles. The molecular formula is C24H36N4O4. The van der Waals surface area contributed by atoms with Gasteiger partial charge in [0.15, 0.2) is 17.5 Å². The summed E-state index contributed by atoms with van der Waals surface area (Å²) < 4.78 is 22.0. The van der Waals surface area contributed by atoms with Crippen molar-refractivity contribution in [3.05, 3.63) is 47.9 Å². The van der Waals surface area contributed by atoms with Gasteiger partial charge in [0.25, 0.3) is 0 Å². The Hall–Kier alpha value is -2.71. The van der Waals surface area contributed by atoms with Gasteiger partial charge in [-0.3, -0.25) is 9.89 Å². The Labute approximate surface area is 190 Å². The number of aliphatic imine (C=N–C) groups is 1. The van der Waals surface area contributed by atoms with E-state index in [0.29, 0.717) is 6.54 Å². The summed E-state index contributed by atoms with van der Waals surface area (Å²) in [6.45, 7) is 7.60. The first-order valence-electron chi connectivity index (χ1n) is 11.3. The standard InChI is InChI=1S/C24H36N4O4/c1-4-10-25-24(26-11-9-20-6-5-14-32-20)27-18-21(28-12-15-31-16-13-28)19-7-8-22(29-2)23(17-19)30-3/h5-8,14,17,21H,4,9-13,15-16,18H2,1-3H3,(H2,25,26,27). The number of ether oxygens (including phenoxy) is 3. The fourth-order valence-electron chi connectivity index (χ4n) is 3.74. The highest BCUT2D eigenvalue weighted by Crippen LogP contribution is 2.32. The average molecular weight is 445 g/mol. The molecule has 1 aliphatic heterocycles. The fraction of sp³-hybridized carbons (Fsp3) is 0.542. The minimum Gasteiger partial charge on any atom is -0.493 e. The van der Waals surface area contributed by atoms with Gasteiger partial charge >= 0.3 is 0 Å². The van der Waals surface area contributed by atoms with Crippen molar-refractivity contribution in [3.63, 3.8) is 0 Å². The minimum atomic E-state index is 0.115. The van der Waals surface area contributed by atoms with Crippen molar-refractivity contribution in [1.82, 2.24) is 15.5 Å². The largest absolute Gasteiger partial charge is 0.493 e. The van der Waals surface area contributed by atoms with Crippen molar-refractivity contribution in [3.8, 4) is 11.5 Å². The van der Waals surface area contributed by atoms with Crippen LogP contribution in [0.3, 0.4) is 0 Å². The molecule has 3 rings (SSSR count). The first kappa shape index (κ1) is 23.9. The van der Waals surface area contributed by atoms with E-state index in [1.54, 1.807) is 20.5 Å². The van der Waals surface area contributed by atoms with E-state index in [0.717, 1.165) is 81.0 Å². The third kappa shape index (κ3) is 6.90. The second-order valence-electron chi connectivity index (χ2n) is 7.65. The molecule has 0 spiro atoms. The molecule has 0 bridgehead atoms. The molecule has 0 aliphatic carbocycles. The van der Waals surface area contributed by atoms with Crippen LogP contribution in [0.2, 0.25) is 0 Å². The van der Waals surface area contributed by atoms with Gasteiger partial charge in [0, 0.05) is 32.6 Å². The van der Waals surface area contributed by atoms with Crippen molar-refractivity contribution in [2.45, 2.75) is 25.8 Å². The van der Waals surface area contributed by atoms with Crippen LogP contribution in [-0.2, 0) is 11.2 Å². The van der Waals surface area contributed by atoms with E-state index in [9.17, 15) is 0 Å². The van der Waals surface area contributed by atoms with E-state index < -0.39 is 0 Å². The summed E-state index contributed by atoms with van der Waals surface area (Å²) in [7, 11) is 3.32. The number of hydrogen-bond acceptors (Lipinski definition) is 6. The van der Waals surface area contributed by atoms with Crippen LogP contribution in [0.5, 0.6) is 11.5 Å². The van der Waals surface area contributed by atoms with Gasteiger partial charge in [0.2, 0.25) is 0 Å². The number of furan rings is 1. The molecule has 1 aliphatic rings. The molecular weight excluding hydrogens is 408 g/mol. The minimum absolute atomic E-state index is 0.115. The van der Waals surface area contributed by atoms with Crippen LogP contribution in [0, 0.1) is 0 Å². The van der Waals surface area contributed by atoms with Crippen LogP contribution < -0.4 is 20.1 Å². The van der Waals surface area contributed by atoms with Crippen molar-refractivity contribution < 1.29 is 18.6 Å². The van der Waals surface area contributed by atoms with Crippen LogP contribution in [-0.4, -0.2) is 71.0 Å². The van der Waals surface area contributed by atoms with Gasteiger partial charge in [0.1, 0.15) is 5.76 Å². The molecule has 1 fully saturated rings. The monoisotopic (exact) mass is 444 g/mol. The van der Waals surface area contributed by atoms with Gasteiger partial charge in [-0.05, 0) is 36.2 Å². The summed E-state index contributed by atoms with van der Waals surface area (Å²) in [5.41, 5.74) is 1.15. The number of nitrogens with one attached hydrogen (secondary N) is 2. The molecule has 176 valence electrons. The zero-order valence-electron chi connectivity index (χ0n) is 19.4. The second kappa shape index (κ2) is 13.0. The Morgan fingerprint density at radius 3 is 2.56 bits per heavy atom. The maximum absolute atomic E-state index is 5.58. The molecule has 1 aromatic heterocycles. The van der Waals surface area contributed by atoms with Gasteiger partial charge in [-0.25, -0.2) is 0 Å². The Kier molecular flexibility index (Phi) is 9.71. The molecule has 1 saturated heterocycles. The summed E-state index contributed by atoms with van der Waals surface area (Å²) in [6.07, 6.45) is 3.54. The lowest BCUT2D eigenvalue weighted by Gasteiger charge is -2.34. The maximum atomic E-state index is 5.58. The van der Waals surface area contributed by atoms with E-state index in [-0.39, 0.29) is 6.04 Å². The van der Waals surface area contributed by atoms with Gasteiger partial charge < -0.3 is 29.3 Å². The summed E-state index contributed by atoms with van der Waals surface area (Å²) in [6, 6.07) is 10.1. The highest BCUT2D eigenvalue weighted by molar-refractivity contribution is 5.79. The lowest BCUT2D eigenvalue weighted by molar-refractivity contribution is 0.0179. The van der Waals surface area contributed by atoms with E-state index >= 15 is 0 Å². The molecule has 8 heteroatoms. The fourth-order valence-corrected chi connectivity index (χ4v) is 3.74. The van der Waals surface area contributed by atoms with Crippen molar-refractivity contribution in [2.75, 3.05) is 60.2 Å². The molecule has 8 nitrogen and oxygen atoms in total. The first-order valence-corrected chi connectivity index (χ1v) is 11.3. The SMILES string of the molecule is CCCNC(=NCC(c1ccc(OC)c(OC)c1)N1CCOCC1)NCCc1ccco1. The Balaban J connectivity index is 1.75. The zero-order valence-corrected chi connectivity index (χ0v) is 19.4. The smallest absolute Gasteiger partial charge is 0.191 e. The summed E-state index contributed by atoms with van der Waals surface area (Å²) in [5, 5.41) is 6.85. The van der Waals surface area contributed by atoms with Crippen LogP contribution in [0.1, 0.15) is 30.7 Å². The van der Waals surface area contributed by atoms with Gasteiger partial charge in [-0.2, -0.15) is 0 Å². The number of nitrogens with zero attached hydrogens (tertiary/aromatic N) is 2. The normalized spacial score (nSPS) is 15.9. The van der Waals surface area contributed by atoms with Crippen LogP contribution >= 0.6 is 0 Å². The molecule has 2 aromatic rings. The zero-order chi connectivity index (χ0) is 22.6. The second-order valence-corrected chi connectivity index (χ2v) is 7.65. The number of rotatable bonds is 11. The third-order valence-corrected chi connectivity index (χ3v) is 5.49. The predicted molar refractivity (Wildman–Crippen MR) is 126 cm³/mol. The highest BCUT2D eigenvalue weighted by atomic mass is 16.5. The molecule has 0 saturated carbocycles. The third-order valence-electron chi connectivity index (χ3n) is 5.49. The molecule has 1 unspecified atom stereocenters. The van der Waals surface area contributed by atoms with Crippen LogP contribution in [0.25, 0.3) is 0 Å². The Morgan fingerprint density at radius 2 is 1.88 bits per heavy atom. The summed E-state index contributed by atoms with van der Waals surface area (Å²) in [4.78, 5) is 7.36. The van der Waals surface area contributed by atoms with E-state index in [1.165, 1.54) is 0 Å². The number of hydrogen-bond donors (Lipinski definition) is 2. The molecule has 0 radical (unpaired) electrons. The maximum Gasteiger partial charge on any atom is 0.191 e. The Bertz CT molecular complexity index is 819.